The van der Waals surface area contributed by atoms with E-state index in [0.717, 1.165) is 0 Å². The summed E-state index contributed by atoms with van der Waals surface area (Å²) in [5, 5.41) is 3.07. The minimum atomic E-state index is -0.369. The van der Waals surface area contributed by atoms with Gasteiger partial charge in [0.25, 0.3) is 0 Å². The van der Waals surface area contributed by atoms with E-state index in [4.69, 9.17) is 5.73 Å². The molecule has 0 radical (unpaired) electrons. The average Bonchev–Trinajstić information content (AvgIpc) is 2.28. The quantitative estimate of drug-likeness (QED) is 0.771. The third-order valence-corrected chi connectivity index (χ3v) is 3.75. The molecule has 0 spiro atoms. The van der Waals surface area contributed by atoms with Crippen LogP contribution < -0.4 is 11.1 Å². The molecule has 0 saturated heterocycles. The molecule has 1 saturated carbocycles. The zero-order valence-corrected chi connectivity index (χ0v) is 10.8. The molecule has 0 aromatic rings. The van der Waals surface area contributed by atoms with Crippen LogP contribution in [0.15, 0.2) is 0 Å². The Hall–Kier alpha value is -0.570. The van der Waals surface area contributed by atoms with Gasteiger partial charge < -0.3 is 11.1 Å². The van der Waals surface area contributed by atoms with Crippen molar-refractivity contribution in [2.45, 2.75) is 65.0 Å². The lowest BCUT2D eigenvalue weighted by Crippen LogP contribution is -2.49. The lowest BCUT2D eigenvalue weighted by atomic mass is 9.84. The predicted octanol–water partition coefficient (Wildman–Crippen LogP) is 2.05. The van der Waals surface area contributed by atoms with Crippen LogP contribution in [0.4, 0.5) is 0 Å². The van der Waals surface area contributed by atoms with Crippen molar-refractivity contribution < 1.29 is 4.79 Å². The first kappa shape index (κ1) is 13.5. The minimum absolute atomic E-state index is 0.00748. The Kier molecular flexibility index (Phi) is 5.26. The Morgan fingerprint density at radius 3 is 2.25 bits per heavy atom. The summed E-state index contributed by atoms with van der Waals surface area (Å²) >= 11 is 0. The third kappa shape index (κ3) is 3.78. The van der Waals surface area contributed by atoms with Crippen molar-refractivity contribution in [3.05, 3.63) is 0 Å². The number of nitrogens with one attached hydrogen (secondary N) is 1. The van der Waals surface area contributed by atoms with E-state index in [0.29, 0.717) is 5.92 Å². The van der Waals surface area contributed by atoms with E-state index in [1.165, 1.54) is 32.1 Å². The zero-order valence-electron chi connectivity index (χ0n) is 10.8. The van der Waals surface area contributed by atoms with Gasteiger partial charge in [0.15, 0.2) is 0 Å². The molecule has 0 unspecified atom stereocenters. The number of carbonyl (C=O) groups is 1. The molecule has 16 heavy (non-hydrogen) atoms. The molecular weight excluding hydrogens is 200 g/mol. The summed E-state index contributed by atoms with van der Waals surface area (Å²) in [5.74, 6) is 0.865. The maximum atomic E-state index is 11.8. The molecule has 3 N–H and O–H groups in total. The molecule has 0 bridgehead atoms. The van der Waals surface area contributed by atoms with Crippen molar-refractivity contribution in [1.82, 2.24) is 5.32 Å². The van der Waals surface area contributed by atoms with Gasteiger partial charge in [-0.2, -0.15) is 0 Å². The molecule has 1 rings (SSSR count). The minimum Gasteiger partial charge on any atom is -0.352 e. The zero-order chi connectivity index (χ0) is 12.1. The maximum Gasteiger partial charge on any atom is 0.237 e. The molecule has 1 fully saturated rings. The summed E-state index contributed by atoms with van der Waals surface area (Å²) in [6.45, 7) is 6.08. The lowest BCUT2D eigenvalue weighted by Gasteiger charge is -2.29. The summed E-state index contributed by atoms with van der Waals surface area (Å²) < 4.78 is 0. The molecule has 3 heteroatoms. The number of rotatable bonds is 4. The van der Waals surface area contributed by atoms with Crippen LogP contribution in [-0.4, -0.2) is 18.0 Å². The first-order valence-electron chi connectivity index (χ1n) is 6.58. The number of amides is 1. The molecule has 0 heterocycles. The highest BCUT2D eigenvalue weighted by molar-refractivity contribution is 5.81. The van der Waals surface area contributed by atoms with Crippen LogP contribution in [0.2, 0.25) is 0 Å². The Bertz CT molecular complexity index is 222. The summed E-state index contributed by atoms with van der Waals surface area (Å²) in [7, 11) is 0. The molecule has 0 aliphatic heterocycles. The van der Waals surface area contributed by atoms with Crippen LogP contribution in [0.5, 0.6) is 0 Å². The molecule has 1 amide bonds. The highest BCUT2D eigenvalue weighted by Gasteiger charge is 2.24. The van der Waals surface area contributed by atoms with Crippen molar-refractivity contribution >= 4 is 5.91 Å². The Balaban J connectivity index is 2.37. The Morgan fingerprint density at radius 2 is 1.75 bits per heavy atom. The smallest absolute Gasteiger partial charge is 0.237 e. The number of hydrogen-bond acceptors (Lipinski definition) is 2. The van der Waals surface area contributed by atoms with Crippen LogP contribution >= 0.6 is 0 Å². The van der Waals surface area contributed by atoms with Crippen molar-refractivity contribution in [3.63, 3.8) is 0 Å². The van der Waals surface area contributed by atoms with E-state index in [1.54, 1.807) is 0 Å². The van der Waals surface area contributed by atoms with Crippen molar-refractivity contribution in [1.29, 1.82) is 0 Å². The van der Waals surface area contributed by atoms with Gasteiger partial charge in [0, 0.05) is 6.04 Å². The molecule has 1 aliphatic rings. The largest absolute Gasteiger partial charge is 0.352 e. The van der Waals surface area contributed by atoms with Gasteiger partial charge >= 0.3 is 0 Å². The second-order valence-electron chi connectivity index (χ2n) is 5.47. The first-order valence-corrected chi connectivity index (χ1v) is 6.58. The highest BCUT2D eigenvalue weighted by Crippen LogP contribution is 2.26. The molecule has 3 nitrogen and oxygen atoms in total. The predicted molar refractivity (Wildman–Crippen MR) is 67.0 cm³/mol. The second-order valence-corrected chi connectivity index (χ2v) is 5.47. The third-order valence-electron chi connectivity index (χ3n) is 3.75. The van der Waals surface area contributed by atoms with E-state index >= 15 is 0 Å². The van der Waals surface area contributed by atoms with E-state index in [1.807, 2.05) is 13.8 Å². The summed E-state index contributed by atoms with van der Waals surface area (Å²) in [6, 6.07) is -0.0939. The van der Waals surface area contributed by atoms with Crippen LogP contribution in [0.25, 0.3) is 0 Å². The van der Waals surface area contributed by atoms with Crippen LogP contribution in [-0.2, 0) is 4.79 Å². The molecular formula is C13H26N2O. The summed E-state index contributed by atoms with van der Waals surface area (Å²) in [4.78, 5) is 11.8. The molecule has 2 atom stereocenters. The lowest BCUT2D eigenvalue weighted by molar-refractivity contribution is -0.124. The van der Waals surface area contributed by atoms with Crippen LogP contribution in [0, 0.1) is 11.8 Å². The fraction of sp³-hybridized carbons (Fsp3) is 0.923. The number of nitrogens with two attached hydrogens (primary N) is 1. The van der Waals surface area contributed by atoms with E-state index in [2.05, 4.69) is 12.2 Å². The van der Waals surface area contributed by atoms with Crippen molar-refractivity contribution in [2.75, 3.05) is 0 Å². The number of hydrogen-bond donors (Lipinski definition) is 2. The van der Waals surface area contributed by atoms with Crippen molar-refractivity contribution in [2.24, 2.45) is 17.6 Å². The van der Waals surface area contributed by atoms with E-state index in [-0.39, 0.29) is 23.9 Å². The Labute approximate surface area is 99.2 Å². The molecule has 0 aromatic heterocycles. The second kappa shape index (κ2) is 6.24. The van der Waals surface area contributed by atoms with E-state index < -0.39 is 0 Å². The van der Waals surface area contributed by atoms with Gasteiger partial charge in [0.1, 0.15) is 0 Å². The molecule has 94 valence electrons. The highest BCUT2D eigenvalue weighted by atomic mass is 16.2. The van der Waals surface area contributed by atoms with Gasteiger partial charge in [0.05, 0.1) is 6.04 Å². The monoisotopic (exact) mass is 226 g/mol. The fourth-order valence-corrected chi connectivity index (χ4v) is 2.38. The molecule has 0 aromatic carbocycles. The maximum absolute atomic E-state index is 11.8. The van der Waals surface area contributed by atoms with Gasteiger partial charge in [0.2, 0.25) is 5.91 Å². The standard InChI is InChI=1S/C13H26N2O/c1-9(2)12(14)13(16)15-10(3)11-7-5-4-6-8-11/h9-12H,4-8,14H2,1-3H3,(H,15,16)/t10-,12-/m0/s1. The van der Waals surface area contributed by atoms with Gasteiger partial charge in [-0.15, -0.1) is 0 Å². The normalized spacial score (nSPS) is 21.8. The van der Waals surface area contributed by atoms with E-state index in [9.17, 15) is 4.79 Å². The topological polar surface area (TPSA) is 55.1 Å². The first-order chi connectivity index (χ1) is 7.52. The van der Waals surface area contributed by atoms with Gasteiger partial charge in [-0.1, -0.05) is 33.1 Å². The van der Waals surface area contributed by atoms with Gasteiger partial charge in [-0.3, -0.25) is 4.79 Å². The van der Waals surface area contributed by atoms with Gasteiger partial charge in [-0.25, -0.2) is 0 Å². The SMILES string of the molecule is CC(C)[C@H](N)C(=O)N[C@@H](C)C1CCCCC1. The summed E-state index contributed by atoms with van der Waals surface area (Å²) in [6.07, 6.45) is 6.46. The molecule has 1 aliphatic carbocycles. The van der Waals surface area contributed by atoms with Crippen LogP contribution in [0.1, 0.15) is 52.9 Å². The average molecular weight is 226 g/mol. The fourth-order valence-electron chi connectivity index (χ4n) is 2.38. The Morgan fingerprint density at radius 1 is 1.19 bits per heavy atom. The van der Waals surface area contributed by atoms with Crippen LogP contribution in [0.3, 0.4) is 0 Å². The number of carbonyl (C=O) groups excluding carboxylic acids is 1. The summed E-state index contributed by atoms with van der Waals surface area (Å²) in [5.41, 5.74) is 5.83. The van der Waals surface area contributed by atoms with Gasteiger partial charge in [-0.05, 0) is 31.6 Å². The van der Waals surface area contributed by atoms with Crippen molar-refractivity contribution in [3.8, 4) is 0 Å².